The number of carbonyl (C=O) groups excluding carboxylic acids is 1. The Morgan fingerprint density at radius 3 is 1.82 bits per heavy atom. The normalized spacial score (nSPS) is 12.9. The molecule has 22 heavy (non-hydrogen) atoms. The van der Waals surface area contributed by atoms with Gasteiger partial charge >= 0.3 is 18.4 Å². The number of anilines is 1. The molecular formula is C13H14F6N2O. The highest BCUT2D eigenvalue weighted by Gasteiger charge is 2.70. The number of urea groups is 1. The largest absolute Gasteiger partial charge is 0.420 e. The van der Waals surface area contributed by atoms with Crippen molar-refractivity contribution >= 4 is 11.7 Å². The van der Waals surface area contributed by atoms with Gasteiger partial charge in [-0.15, -0.1) is 0 Å². The quantitative estimate of drug-likeness (QED) is 0.794. The van der Waals surface area contributed by atoms with Crippen molar-refractivity contribution in [3.8, 4) is 0 Å². The molecule has 0 radical (unpaired) electrons. The van der Waals surface area contributed by atoms with Gasteiger partial charge in [0.2, 0.25) is 5.54 Å². The highest BCUT2D eigenvalue weighted by atomic mass is 19.4. The van der Waals surface area contributed by atoms with Crippen molar-refractivity contribution in [2.24, 2.45) is 0 Å². The highest BCUT2D eigenvalue weighted by molar-refractivity contribution is 5.89. The first-order chi connectivity index (χ1) is 9.93. The van der Waals surface area contributed by atoms with Crippen LogP contribution in [0.25, 0.3) is 0 Å². The van der Waals surface area contributed by atoms with Crippen LogP contribution in [-0.2, 0) is 0 Å². The van der Waals surface area contributed by atoms with Crippen molar-refractivity contribution in [2.75, 3.05) is 5.32 Å². The molecule has 0 aliphatic carbocycles. The van der Waals surface area contributed by atoms with Crippen molar-refractivity contribution in [2.45, 2.75) is 38.2 Å². The number of benzene rings is 1. The molecule has 2 N–H and O–H groups in total. The second-order valence-corrected chi connectivity index (χ2v) is 4.70. The monoisotopic (exact) mass is 328 g/mol. The van der Waals surface area contributed by atoms with Crippen LogP contribution in [0.3, 0.4) is 0 Å². The molecule has 1 aromatic rings. The molecule has 0 aliphatic rings. The number of nitrogens with one attached hydrogen (secondary N) is 2. The third kappa shape index (κ3) is 3.63. The summed E-state index contributed by atoms with van der Waals surface area (Å²) in [5.41, 5.74) is -3.40. The zero-order valence-electron chi connectivity index (χ0n) is 11.7. The van der Waals surface area contributed by atoms with E-state index in [1.54, 1.807) is 19.1 Å². The lowest BCUT2D eigenvalue weighted by Gasteiger charge is -2.37. The molecule has 0 heterocycles. The molecule has 0 fully saturated rings. The molecule has 0 saturated carbocycles. The smallest absolute Gasteiger partial charge is 0.316 e. The van der Waals surface area contributed by atoms with Crippen LogP contribution >= 0.6 is 0 Å². The van der Waals surface area contributed by atoms with Crippen LogP contribution in [-0.4, -0.2) is 23.9 Å². The summed E-state index contributed by atoms with van der Waals surface area (Å²) in [4.78, 5) is 11.5. The van der Waals surface area contributed by atoms with E-state index in [9.17, 15) is 31.1 Å². The number of amides is 2. The van der Waals surface area contributed by atoms with E-state index in [-0.39, 0.29) is 5.69 Å². The van der Waals surface area contributed by atoms with Crippen molar-refractivity contribution < 1.29 is 31.1 Å². The van der Waals surface area contributed by atoms with Crippen LogP contribution in [0.2, 0.25) is 0 Å². The van der Waals surface area contributed by atoms with E-state index in [1.165, 1.54) is 12.1 Å². The van der Waals surface area contributed by atoms with E-state index in [0.717, 1.165) is 10.9 Å². The Bertz CT molecular complexity index is 507. The molecule has 0 saturated heterocycles. The minimum absolute atomic E-state index is 0.0810. The van der Waals surface area contributed by atoms with Crippen LogP contribution in [0.5, 0.6) is 0 Å². The lowest BCUT2D eigenvalue weighted by Crippen LogP contribution is -2.67. The van der Waals surface area contributed by atoms with Gasteiger partial charge in [0, 0.05) is 5.69 Å². The lowest BCUT2D eigenvalue weighted by atomic mass is 9.94. The number of aryl methyl sites for hydroxylation is 1. The average molecular weight is 328 g/mol. The van der Waals surface area contributed by atoms with E-state index in [1.807, 2.05) is 5.32 Å². The lowest BCUT2D eigenvalue weighted by molar-refractivity contribution is -0.304. The summed E-state index contributed by atoms with van der Waals surface area (Å²) in [6.07, 6.45) is -12.7. The van der Waals surface area contributed by atoms with Gasteiger partial charge in [-0.1, -0.05) is 24.6 Å². The molecule has 9 heteroatoms. The average Bonchev–Trinajstić information content (AvgIpc) is 2.35. The Morgan fingerprint density at radius 1 is 1.00 bits per heavy atom. The minimum Gasteiger partial charge on any atom is -0.316 e. The second kappa shape index (κ2) is 6.05. The Kier molecular flexibility index (Phi) is 4.99. The Labute approximate surface area is 122 Å². The van der Waals surface area contributed by atoms with E-state index in [4.69, 9.17) is 0 Å². The first-order valence-electron chi connectivity index (χ1n) is 6.22. The topological polar surface area (TPSA) is 41.1 Å². The zero-order chi connectivity index (χ0) is 17.2. The number of rotatable bonds is 3. The van der Waals surface area contributed by atoms with E-state index in [0.29, 0.717) is 6.92 Å². The SMILES string of the molecule is CCC(NC(=O)Nc1ccc(C)cc1)(C(F)(F)F)C(F)(F)F. The predicted molar refractivity (Wildman–Crippen MR) is 68.5 cm³/mol. The standard InChI is InChI=1S/C13H14F6N2O/c1-3-11(12(14,15)16,13(17,18)19)21-10(22)20-9-6-4-8(2)5-7-9/h4-7H,3H2,1-2H3,(H2,20,21,22). The molecule has 2 amide bonds. The predicted octanol–water partition coefficient (Wildman–Crippen LogP) is 4.39. The molecule has 1 rings (SSSR count). The number of carbonyl (C=O) groups is 1. The molecule has 0 atom stereocenters. The first-order valence-corrected chi connectivity index (χ1v) is 6.22. The number of hydrogen-bond acceptors (Lipinski definition) is 1. The third-order valence-electron chi connectivity index (χ3n) is 3.13. The first kappa shape index (κ1) is 18.1. The molecule has 0 spiro atoms. The van der Waals surface area contributed by atoms with E-state index >= 15 is 0 Å². The van der Waals surface area contributed by atoms with Crippen molar-refractivity contribution in [3.63, 3.8) is 0 Å². The van der Waals surface area contributed by atoms with Gasteiger partial charge in [-0.25, -0.2) is 4.79 Å². The van der Waals surface area contributed by atoms with Crippen LogP contribution in [0.1, 0.15) is 18.9 Å². The summed E-state index contributed by atoms with van der Waals surface area (Å²) < 4.78 is 77.2. The third-order valence-corrected chi connectivity index (χ3v) is 3.13. The zero-order valence-corrected chi connectivity index (χ0v) is 11.7. The Hall–Kier alpha value is -1.93. The minimum atomic E-state index is -5.68. The van der Waals surface area contributed by atoms with Crippen molar-refractivity contribution in [1.82, 2.24) is 5.32 Å². The van der Waals surface area contributed by atoms with E-state index < -0.39 is 30.3 Å². The fourth-order valence-electron chi connectivity index (χ4n) is 1.78. The van der Waals surface area contributed by atoms with Gasteiger partial charge in [0.1, 0.15) is 0 Å². The molecule has 0 unspecified atom stereocenters. The number of alkyl halides is 6. The fourth-order valence-corrected chi connectivity index (χ4v) is 1.78. The van der Waals surface area contributed by atoms with Crippen LogP contribution in [0.15, 0.2) is 24.3 Å². The summed E-state index contributed by atoms with van der Waals surface area (Å²) in [5.74, 6) is 0. The van der Waals surface area contributed by atoms with Crippen molar-refractivity contribution in [1.29, 1.82) is 0 Å². The molecule has 0 aromatic heterocycles. The van der Waals surface area contributed by atoms with Gasteiger partial charge in [0.15, 0.2) is 0 Å². The maximum absolute atomic E-state index is 12.9. The molecule has 3 nitrogen and oxygen atoms in total. The Balaban J connectivity index is 3.00. The Morgan fingerprint density at radius 2 is 1.45 bits per heavy atom. The van der Waals surface area contributed by atoms with Crippen LogP contribution in [0, 0.1) is 6.92 Å². The molecule has 124 valence electrons. The summed E-state index contributed by atoms with van der Waals surface area (Å²) in [7, 11) is 0. The summed E-state index contributed by atoms with van der Waals surface area (Å²) in [5, 5.41) is 2.98. The van der Waals surface area contributed by atoms with Crippen molar-refractivity contribution in [3.05, 3.63) is 29.8 Å². The number of halogens is 6. The van der Waals surface area contributed by atoms with Crippen LogP contribution in [0.4, 0.5) is 36.8 Å². The molecular weight excluding hydrogens is 314 g/mol. The fraction of sp³-hybridized carbons (Fsp3) is 0.462. The molecule has 1 aromatic carbocycles. The van der Waals surface area contributed by atoms with Gasteiger partial charge in [0.05, 0.1) is 0 Å². The molecule has 0 bridgehead atoms. The van der Waals surface area contributed by atoms with Crippen LogP contribution < -0.4 is 10.6 Å². The van der Waals surface area contributed by atoms with E-state index in [2.05, 4.69) is 0 Å². The van der Waals surface area contributed by atoms with Gasteiger partial charge in [0.25, 0.3) is 0 Å². The summed E-state index contributed by atoms with van der Waals surface area (Å²) in [6.45, 7) is 2.44. The summed E-state index contributed by atoms with van der Waals surface area (Å²) >= 11 is 0. The van der Waals surface area contributed by atoms with Gasteiger partial charge in [-0.3, -0.25) is 0 Å². The van der Waals surface area contributed by atoms with Gasteiger partial charge in [-0.2, -0.15) is 26.3 Å². The maximum Gasteiger partial charge on any atom is 0.420 e. The van der Waals surface area contributed by atoms with Gasteiger partial charge in [-0.05, 0) is 25.5 Å². The van der Waals surface area contributed by atoms with Gasteiger partial charge < -0.3 is 10.6 Å². The number of hydrogen-bond donors (Lipinski definition) is 2. The summed E-state index contributed by atoms with van der Waals surface area (Å²) in [6, 6.07) is 4.25. The second-order valence-electron chi connectivity index (χ2n) is 4.70. The molecule has 0 aliphatic heterocycles. The highest BCUT2D eigenvalue weighted by Crippen LogP contribution is 2.45. The maximum atomic E-state index is 12.9.